The number of aromatic nitrogens is 1. The van der Waals surface area contributed by atoms with E-state index in [4.69, 9.17) is 9.84 Å². The van der Waals surface area contributed by atoms with Crippen molar-refractivity contribution in [2.75, 3.05) is 6.61 Å². The summed E-state index contributed by atoms with van der Waals surface area (Å²) in [5.41, 5.74) is 0. The van der Waals surface area contributed by atoms with Gasteiger partial charge in [0.05, 0.1) is 6.61 Å². The summed E-state index contributed by atoms with van der Waals surface area (Å²) in [4.78, 5) is 10.8. The predicted octanol–water partition coefficient (Wildman–Crippen LogP) is 1.84. The Morgan fingerprint density at radius 1 is 1.83 bits per heavy atom. The molecule has 1 N–H and O–H groups in total. The lowest BCUT2D eigenvalue weighted by Gasteiger charge is -1.96. The first-order valence-electron chi connectivity index (χ1n) is 3.18. The van der Waals surface area contributed by atoms with Gasteiger partial charge in [-0.1, -0.05) is 0 Å². The van der Waals surface area contributed by atoms with Crippen molar-refractivity contribution in [1.29, 1.82) is 0 Å². The molecule has 66 valence electrons. The molecule has 0 amide bonds. The average Bonchev–Trinajstić information content (AvgIpc) is 2.34. The van der Waals surface area contributed by atoms with Gasteiger partial charge in [0.2, 0.25) is 5.88 Å². The van der Waals surface area contributed by atoms with Crippen LogP contribution in [0.4, 0.5) is 0 Å². The van der Waals surface area contributed by atoms with Gasteiger partial charge in [-0.2, -0.15) is 4.37 Å². The summed E-state index contributed by atoms with van der Waals surface area (Å²) < 4.78 is 9.53. The fourth-order valence-electron chi connectivity index (χ4n) is 0.624. The van der Waals surface area contributed by atoms with Crippen molar-refractivity contribution in [3.05, 3.63) is 8.45 Å². The minimum absolute atomic E-state index is 0.235. The molecule has 1 aromatic rings. The molecule has 1 rings (SSSR count). The Morgan fingerprint density at radius 3 is 2.92 bits per heavy atom. The second-order valence-electron chi connectivity index (χ2n) is 1.87. The van der Waals surface area contributed by atoms with Crippen molar-refractivity contribution < 1.29 is 14.6 Å². The zero-order chi connectivity index (χ0) is 9.14. The molecule has 0 spiro atoms. The molecule has 0 unspecified atom stereocenters. The summed E-state index contributed by atoms with van der Waals surface area (Å²) in [6.07, 6.45) is 0. The van der Waals surface area contributed by atoms with Crippen molar-refractivity contribution in [3.63, 3.8) is 0 Å². The van der Waals surface area contributed by atoms with Crippen LogP contribution in [-0.2, 0) is 0 Å². The number of aromatic carboxylic acids is 1. The molecule has 0 aliphatic heterocycles. The molecular formula is C6H6INO3S. The zero-order valence-electron chi connectivity index (χ0n) is 6.20. The maximum Gasteiger partial charge on any atom is 0.348 e. The van der Waals surface area contributed by atoms with Gasteiger partial charge < -0.3 is 9.84 Å². The van der Waals surface area contributed by atoms with E-state index < -0.39 is 5.97 Å². The lowest BCUT2D eigenvalue weighted by Crippen LogP contribution is -1.97. The summed E-state index contributed by atoms with van der Waals surface area (Å²) in [6, 6.07) is 0. The molecule has 0 saturated heterocycles. The van der Waals surface area contributed by atoms with E-state index in [2.05, 4.69) is 4.37 Å². The van der Waals surface area contributed by atoms with Gasteiger partial charge in [0.25, 0.3) is 0 Å². The van der Waals surface area contributed by atoms with Crippen molar-refractivity contribution in [2.45, 2.75) is 6.92 Å². The fraction of sp³-hybridized carbons (Fsp3) is 0.333. The highest BCUT2D eigenvalue weighted by atomic mass is 127. The van der Waals surface area contributed by atoms with E-state index in [0.717, 1.165) is 11.5 Å². The molecule has 0 aliphatic rings. The van der Waals surface area contributed by atoms with E-state index in [1.165, 1.54) is 0 Å². The van der Waals surface area contributed by atoms with Gasteiger partial charge in [-0.3, -0.25) is 0 Å². The zero-order valence-corrected chi connectivity index (χ0v) is 9.18. The quantitative estimate of drug-likeness (QED) is 0.865. The molecule has 0 saturated carbocycles. The van der Waals surface area contributed by atoms with E-state index in [1.54, 1.807) is 0 Å². The van der Waals surface area contributed by atoms with Gasteiger partial charge >= 0.3 is 5.97 Å². The number of ether oxygens (including phenoxy) is 1. The van der Waals surface area contributed by atoms with Gasteiger partial charge in [0.1, 0.15) is 8.45 Å². The van der Waals surface area contributed by atoms with Crippen LogP contribution < -0.4 is 4.74 Å². The normalized spacial score (nSPS) is 9.83. The molecule has 1 heterocycles. The highest BCUT2D eigenvalue weighted by molar-refractivity contribution is 14.1. The largest absolute Gasteiger partial charge is 0.477 e. The maximum atomic E-state index is 10.5. The molecule has 6 heteroatoms. The molecule has 0 fully saturated rings. The van der Waals surface area contributed by atoms with Crippen LogP contribution in [0.2, 0.25) is 0 Å². The molecule has 0 radical (unpaired) electrons. The highest BCUT2D eigenvalue weighted by Crippen LogP contribution is 2.26. The van der Waals surface area contributed by atoms with Gasteiger partial charge in [-0.25, -0.2) is 4.79 Å². The second kappa shape index (κ2) is 4.04. The molecule has 0 aliphatic carbocycles. The lowest BCUT2D eigenvalue weighted by atomic mass is 10.5. The van der Waals surface area contributed by atoms with E-state index >= 15 is 0 Å². The molecule has 4 nitrogen and oxygen atoms in total. The van der Waals surface area contributed by atoms with Crippen molar-refractivity contribution >= 4 is 40.1 Å². The van der Waals surface area contributed by atoms with Crippen molar-refractivity contribution in [3.8, 4) is 5.88 Å². The number of carboxylic acid groups (broad SMARTS) is 1. The first-order valence-corrected chi connectivity index (χ1v) is 5.03. The smallest absolute Gasteiger partial charge is 0.348 e. The fourth-order valence-corrected chi connectivity index (χ4v) is 2.15. The second-order valence-corrected chi connectivity index (χ2v) is 3.72. The molecule has 0 bridgehead atoms. The number of rotatable bonds is 3. The first-order chi connectivity index (χ1) is 5.66. The maximum absolute atomic E-state index is 10.5. The summed E-state index contributed by atoms with van der Waals surface area (Å²) >= 11 is 2.86. The molecule has 12 heavy (non-hydrogen) atoms. The lowest BCUT2D eigenvalue weighted by molar-refractivity contribution is 0.0700. The van der Waals surface area contributed by atoms with Gasteiger partial charge in [0.15, 0.2) is 0 Å². The Balaban J connectivity index is 2.96. The Hall–Kier alpha value is -0.370. The number of nitrogens with zero attached hydrogens (tertiary/aromatic N) is 1. The third kappa shape index (κ3) is 1.86. The number of hydrogen-bond donors (Lipinski definition) is 1. The summed E-state index contributed by atoms with van der Waals surface area (Å²) in [5, 5.41) is 8.66. The monoisotopic (exact) mass is 299 g/mol. The van der Waals surface area contributed by atoms with Crippen molar-refractivity contribution in [1.82, 2.24) is 4.37 Å². The third-order valence-corrected chi connectivity index (χ3v) is 3.27. The third-order valence-electron chi connectivity index (χ3n) is 1.08. The van der Waals surface area contributed by atoms with E-state index in [0.29, 0.717) is 16.1 Å². The van der Waals surface area contributed by atoms with Crippen LogP contribution in [0.15, 0.2) is 0 Å². The Morgan fingerprint density at radius 2 is 2.50 bits per heavy atom. The number of halogens is 1. The molecule has 0 atom stereocenters. The minimum Gasteiger partial charge on any atom is -0.477 e. The average molecular weight is 299 g/mol. The van der Waals surface area contributed by atoms with Crippen LogP contribution in [0.25, 0.3) is 0 Å². The first kappa shape index (κ1) is 9.72. The molecular weight excluding hydrogens is 293 g/mol. The minimum atomic E-state index is -0.956. The standard InChI is InChI=1S/C6H6INO3S/c1-2-11-5-3(7)4(6(9)10)12-8-5/h2H2,1H3,(H,9,10). The van der Waals surface area contributed by atoms with Crippen LogP contribution in [0.1, 0.15) is 16.6 Å². The Bertz CT molecular complexity index is 299. The topological polar surface area (TPSA) is 59.4 Å². The van der Waals surface area contributed by atoms with E-state index in [1.807, 2.05) is 29.5 Å². The van der Waals surface area contributed by atoms with Crippen LogP contribution in [0, 0.1) is 3.57 Å². The summed E-state index contributed by atoms with van der Waals surface area (Å²) in [5.74, 6) is -0.539. The van der Waals surface area contributed by atoms with Gasteiger partial charge in [0, 0.05) is 0 Å². The highest BCUT2D eigenvalue weighted by Gasteiger charge is 2.17. The molecule has 1 aromatic heterocycles. The number of carboxylic acids is 1. The van der Waals surface area contributed by atoms with Crippen LogP contribution in [0.5, 0.6) is 5.88 Å². The van der Waals surface area contributed by atoms with Crippen LogP contribution in [-0.4, -0.2) is 22.1 Å². The van der Waals surface area contributed by atoms with E-state index in [9.17, 15) is 4.79 Å². The summed E-state index contributed by atoms with van der Waals surface area (Å²) in [7, 11) is 0. The Labute approximate surface area is 86.9 Å². The Kier molecular flexibility index (Phi) is 3.27. The predicted molar refractivity (Wildman–Crippen MR) is 53.0 cm³/mol. The summed E-state index contributed by atoms with van der Waals surface area (Å²) in [6.45, 7) is 2.33. The number of carbonyl (C=O) groups is 1. The number of hydrogen-bond acceptors (Lipinski definition) is 4. The van der Waals surface area contributed by atoms with Gasteiger partial charge in [-0.15, -0.1) is 0 Å². The SMILES string of the molecule is CCOc1nsc(C(=O)O)c1I. The van der Waals surface area contributed by atoms with Crippen LogP contribution in [0.3, 0.4) is 0 Å². The van der Waals surface area contributed by atoms with Crippen LogP contribution >= 0.6 is 34.1 Å². The van der Waals surface area contributed by atoms with Gasteiger partial charge in [-0.05, 0) is 41.0 Å². The van der Waals surface area contributed by atoms with Crippen molar-refractivity contribution in [2.24, 2.45) is 0 Å². The molecule has 0 aromatic carbocycles. The van der Waals surface area contributed by atoms with E-state index in [-0.39, 0.29) is 4.88 Å².